The Hall–Kier alpha value is -1.68. The minimum atomic E-state index is 0.0485. The smallest absolute Gasteiger partial charge is 0.236 e. The molecule has 1 N–H and O–H groups in total. The SMILES string of the molecule is Cc1ccc2c(c1)S[C@H](C(=O)N1CCC[C@H]1c1ccc[nH]1)C2. The van der Waals surface area contributed by atoms with Crippen LogP contribution < -0.4 is 0 Å². The van der Waals surface area contributed by atoms with Gasteiger partial charge in [-0.3, -0.25) is 4.79 Å². The molecule has 114 valence electrons. The van der Waals surface area contributed by atoms with Gasteiger partial charge in [0.25, 0.3) is 0 Å². The van der Waals surface area contributed by atoms with Crippen molar-refractivity contribution in [3.63, 3.8) is 0 Å². The summed E-state index contributed by atoms with van der Waals surface area (Å²) in [6.45, 7) is 2.99. The summed E-state index contributed by atoms with van der Waals surface area (Å²) in [6.07, 6.45) is 4.97. The van der Waals surface area contributed by atoms with Crippen molar-refractivity contribution in [2.75, 3.05) is 6.54 Å². The van der Waals surface area contributed by atoms with Crippen LogP contribution in [0, 0.1) is 6.92 Å². The van der Waals surface area contributed by atoms with Crippen molar-refractivity contribution in [3.8, 4) is 0 Å². The summed E-state index contributed by atoms with van der Waals surface area (Å²) in [4.78, 5) is 19.6. The van der Waals surface area contributed by atoms with Crippen LogP contribution in [-0.2, 0) is 11.2 Å². The van der Waals surface area contributed by atoms with Crippen LogP contribution >= 0.6 is 11.8 Å². The Labute approximate surface area is 135 Å². The molecule has 2 atom stereocenters. The molecule has 2 aliphatic heterocycles. The number of nitrogens with zero attached hydrogens (tertiary/aromatic N) is 1. The van der Waals surface area contributed by atoms with Gasteiger partial charge < -0.3 is 9.88 Å². The molecule has 0 radical (unpaired) electrons. The van der Waals surface area contributed by atoms with Gasteiger partial charge in [-0.25, -0.2) is 0 Å². The monoisotopic (exact) mass is 312 g/mol. The van der Waals surface area contributed by atoms with Gasteiger partial charge in [-0.1, -0.05) is 17.7 Å². The molecule has 0 unspecified atom stereocenters. The average molecular weight is 312 g/mol. The van der Waals surface area contributed by atoms with Crippen LogP contribution in [-0.4, -0.2) is 27.6 Å². The van der Waals surface area contributed by atoms with E-state index >= 15 is 0 Å². The number of fused-ring (bicyclic) bond motifs is 1. The van der Waals surface area contributed by atoms with Crippen LogP contribution in [0.4, 0.5) is 0 Å². The quantitative estimate of drug-likeness (QED) is 0.918. The van der Waals surface area contributed by atoms with Crippen LogP contribution in [0.1, 0.15) is 35.7 Å². The van der Waals surface area contributed by atoms with E-state index in [9.17, 15) is 4.79 Å². The summed E-state index contributed by atoms with van der Waals surface area (Å²) in [5.41, 5.74) is 3.76. The predicted octanol–water partition coefficient (Wildman–Crippen LogP) is 3.70. The molecule has 0 aliphatic carbocycles. The summed E-state index contributed by atoms with van der Waals surface area (Å²) in [5, 5.41) is 0.0485. The van der Waals surface area contributed by atoms with Crippen LogP contribution in [0.15, 0.2) is 41.4 Å². The second kappa shape index (κ2) is 5.51. The van der Waals surface area contributed by atoms with E-state index in [0.29, 0.717) is 5.91 Å². The first-order valence-electron chi connectivity index (χ1n) is 7.92. The molecule has 4 rings (SSSR count). The molecule has 1 fully saturated rings. The van der Waals surface area contributed by atoms with Gasteiger partial charge in [-0.2, -0.15) is 0 Å². The molecule has 2 aromatic rings. The molecule has 3 nitrogen and oxygen atoms in total. The average Bonchev–Trinajstić information content (AvgIpc) is 3.24. The van der Waals surface area contributed by atoms with Crippen molar-refractivity contribution in [2.45, 2.75) is 42.4 Å². The molecule has 4 heteroatoms. The predicted molar refractivity (Wildman–Crippen MR) is 89.0 cm³/mol. The first-order chi connectivity index (χ1) is 10.7. The lowest BCUT2D eigenvalue weighted by molar-refractivity contribution is -0.131. The maximum atomic E-state index is 13.0. The normalized spacial score (nSPS) is 23.8. The molecule has 1 saturated heterocycles. The Morgan fingerprint density at radius 2 is 2.27 bits per heavy atom. The van der Waals surface area contributed by atoms with Crippen molar-refractivity contribution >= 4 is 17.7 Å². The number of carbonyl (C=O) groups is 1. The molecular weight excluding hydrogens is 292 g/mol. The minimum Gasteiger partial charge on any atom is -0.363 e. The van der Waals surface area contributed by atoms with Crippen LogP contribution in [0.2, 0.25) is 0 Å². The van der Waals surface area contributed by atoms with E-state index in [4.69, 9.17) is 0 Å². The fraction of sp³-hybridized carbons (Fsp3) is 0.389. The molecular formula is C18H20N2OS. The number of likely N-dealkylation sites (tertiary alicyclic amines) is 1. The van der Waals surface area contributed by atoms with E-state index in [2.05, 4.69) is 41.1 Å². The van der Waals surface area contributed by atoms with Crippen LogP contribution in [0.5, 0.6) is 0 Å². The minimum absolute atomic E-state index is 0.0485. The van der Waals surface area contributed by atoms with Gasteiger partial charge in [-0.15, -0.1) is 11.8 Å². The number of hydrogen-bond donors (Lipinski definition) is 1. The number of carbonyl (C=O) groups excluding carboxylic acids is 1. The number of nitrogens with one attached hydrogen (secondary N) is 1. The fourth-order valence-electron chi connectivity index (χ4n) is 3.56. The zero-order valence-electron chi connectivity index (χ0n) is 12.7. The Morgan fingerprint density at radius 1 is 1.36 bits per heavy atom. The van der Waals surface area contributed by atoms with Crippen molar-refractivity contribution in [1.82, 2.24) is 9.88 Å². The number of amides is 1. The highest BCUT2D eigenvalue weighted by Gasteiger charge is 2.37. The molecule has 22 heavy (non-hydrogen) atoms. The molecule has 2 aliphatic rings. The van der Waals surface area contributed by atoms with Crippen molar-refractivity contribution in [2.24, 2.45) is 0 Å². The fourth-order valence-corrected chi connectivity index (χ4v) is 4.93. The number of benzene rings is 1. The van der Waals surface area contributed by atoms with Gasteiger partial charge >= 0.3 is 0 Å². The van der Waals surface area contributed by atoms with E-state index in [1.165, 1.54) is 21.7 Å². The summed E-state index contributed by atoms with van der Waals surface area (Å²) in [6, 6.07) is 10.9. The van der Waals surface area contributed by atoms with Gasteiger partial charge in [0.1, 0.15) is 0 Å². The largest absolute Gasteiger partial charge is 0.363 e. The lowest BCUT2D eigenvalue weighted by Gasteiger charge is -2.26. The summed E-state index contributed by atoms with van der Waals surface area (Å²) >= 11 is 1.74. The Bertz CT molecular complexity index is 695. The van der Waals surface area contributed by atoms with Gasteiger partial charge in [0.2, 0.25) is 5.91 Å². The van der Waals surface area contributed by atoms with Gasteiger partial charge in [0, 0.05) is 23.3 Å². The molecule has 3 heterocycles. The number of thioether (sulfide) groups is 1. The Balaban J connectivity index is 1.53. The third kappa shape index (κ3) is 2.35. The first-order valence-corrected chi connectivity index (χ1v) is 8.80. The number of aryl methyl sites for hydroxylation is 1. The van der Waals surface area contributed by atoms with E-state index < -0.39 is 0 Å². The number of aromatic nitrogens is 1. The van der Waals surface area contributed by atoms with Crippen molar-refractivity contribution in [3.05, 3.63) is 53.3 Å². The standard InChI is InChI=1S/C18H20N2OS/c1-12-6-7-13-11-17(22-16(13)10-12)18(21)20-9-3-5-15(20)14-4-2-8-19-14/h2,4,6-8,10,15,17,19H,3,5,9,11H2,1H3/t15-,17-/m0/s1. The maximum absolute atomic E-state index is 13.0. The topological polar surface area (TPSA) is 36.1 Å². The third-order valence-electron chi connectivity index (χ3n) is 4.69. The number of rotatable bonds is 2. The lowest BCUT2D eigenvalue weighted by atomic mass is 10.1. The Kier molecular flexibility index (Phi) is 3.49. The third-order valence-corrected chi connectivity index (χ3v) is 5.98. The molecule has 1 aromatic carbocycles. The van der Waals surface area contributed by atoms with Crippen molar-refractivity contribution in [1.29, 1.82) is 0 Å². The summed E-state index contributed by atoms with van der Waals surface area (Å²) in [5.74, 6) is 0.302. The molecule has 0 bridgehead atoms. The maximum Gasteiger partial charge on any atom is 0.236 e. The van der Waals surface area contributed by atoms with E-state index in [0.717, 1.165) is 25.8 Å². The lowest BCUT2D eigenvalue weighted by Crippen LogP contribution is -2.37. The second-order valence-corrected chi connectivity index (χ2v) is 7.48. The molecule has 1 amide bonds. The molecule has 0 saturated carbocycles. The molecule has 1 aromatic heterocycles. The summed E-state index contributed by atoms with van der Waals surface area (Å²) < 4.78 is 0. The zero-order valence-corrected chi connectivity index (χ0v) is 13.5. The van der Waals surface area contributed by atoms with E-state index in [-0.39, 0.29) is 11.3 Å². The number of aromatic amines is 1. The Morgan fingerprint density at radius 3 is 3.09 bits per heavy atom. The van der Waals surface area contributed by atoms with E-state index in [1.54, 1.807) is 11.8 Å². The van der Waals surface area contributed by atoms with Crippen LogP contribution in [0.25, 0.3) is 0 Å². The number of hydrogen-bond acceptors (Lipinski definition) is 2. The van der Waals surface area contributed by atoms with Gasteiger partial charge in [0.05, 0.1) is 11.3 Å². The van der Waals surface area contributed by atoms with E-state index in [1.807, 2.05) is 12.3 Å². The molecule has 0 spiro atoms. The second-order valence-electron chi connectivity index (χ2n) is 6.24. The highest BCUT2D eigenvalue weighted by Crippen LogP contribution is 2.41. The van der Waals surface area contributed by atoms with Crippen LogP contribution in [0.3, 0.4) is 0 Å². The highest BCUT2D eigenvalue weighted by molar-refractivity contribution is 8.01. The zero-order chi connectivity index (χ0) is 15.1. The van der Waals surface area contributed by atoms with Gasteiger partial charge in [-0.05, 0) is 49.9 Å². The first kappa shape index (κ1) is 13.9. The van der Waals surface area contributed by atoms with Crippen molar-refractivity contribution < 1.29 is 4.79 Å². The summed E-state index contributed by atoms with van der Waals surface area (Å²) in [7, 11) is 0. The van der Waals surface area contributed by atoms with Gasteiger partial charge in [0.15, 0.2) is 0 Å². The number of H-pyrrole nitrogens is 1. The highest BCUT2D eigenvalue weighted by atomic mass is 32.2.